The van der Waals surface area contributed by atoms with Crippen LogP contribution in [0.4, 0.5) is 10.1 Å². The van der Waals surface area contributed by atoms with Gasteiger partial charge in [-0.3, -0.25) is 4.79 Å². The third-order valence-electron chi connectivity index (χ3n) is 2.72. The molecule has 2 rings (SSSR count). The highest BCUT2D eigenvalue weighted by atomic mass is 32.2. The predicted octanol–water partition coefficient (Wildman–Crippen LogP) is 1.17. The minimum absolute atomic E-state index is 0.0186. The fourth-order valence-electron chi connectivity index (χ4n) is 1.80. The van der Waals surface area contributed by atoms with Crippen LogP contribution >= 0.6 is 11.8 Å². The summed E-state index contributed by atoms with van der Waals surface area (Å²) in [5.41, 5.74) is -0.533. The number of carboxylic acids is 1. The summed E-state index contributed by atoms with van der Waals surface area (Å²) in [7, 11) is 0. The minimum Gasteiger partial charge on any atom is -0.478 e. The number of thioether (sulfide) groups is 1. The van der Waals surface area contributed by atoms with Crippen molar-refractivity contribution in [2.75, 3.05) is 23.4 Å². The number of amides is 1. The molecule has 0 radical (unpaired) electrons. The summed E-state index contributed by atoms with van der Waals surface area (Å²) in [5, 5.41) is 14.5. The first-order chi connectivity index (χ1) is 9.09. The summed E-state index contributed by atoms with van der Waals surface area (Å²) >= 11 is 1.64. The van der Waals surface area contributed by atoms with E-state index >= 15 is 0 Å². The minimum atomic E-state index is -1.40. The molecule has 1 aromatic carbocycles. The van der Waals surface area contributed by atoms with Gasteiger partial charge in [-0.1, -0.05) is 6.07 Å². The average molecular weight is 284 g/mol. The lowest BCUT2D eigenvalue weighted by molar-refractivity contribution is -0.117. The summed E-state index contributed by atoms with van der Waals surface area (Å²) in [6.07, 6.45) is 0. The van der Waals surface area contributed by atoms with Gasteiger partial charge in [-0.05, 0) is 12.1 Å². The number of aromatic carboxylic acids is 1. The van der Waals surface area contributed by atoms with Crippen molar-refractivity contribution in [3.8, 4) is 0 Å². The van der Waals surface area contributed by atoms with E-state index in [2.05, 4.69) is 10.6 Å². The van der Waals surface area contributed by atoms with E-state index in [0.717, 1.165) is 18.4 Å². The molecule has 1 aliphatic rings. The molecule has 0 saturated carbocycles. The van der Waals surface area contributed by atoms with E-state index in [4.69, 9.17) is 5.11 Å². The Morgan fingerprint density at radius 2 is 2.26 bits per heavy atom. The van der Waals surface area contributed by atoms with E-state index in [1.807, 2.05) is 0 Å². The van der Waals surface area contributed by atoms with Crippen molar-refractivity contribution in [2.24, 2.45) is 0 Å². The molecule has 1 heterocycles. The van der Waals surface area contributed by atoms with E-state index in [9.17, 15) is 14.0 Å². The number of carbonyl (C=O) groups excluding carboxylic acids is 1. The van der Waals surface area contributed by atoms with Gasteiger partial charge in [-0.15, -0.1) is 0 Å². The lowest BCUT2D eigenvalue weighted by Crippen LogP contribution is -2.46. The third-order valence-corrected chi connectivity index (χ3v) is 3.79. The number of nitrogens with one attached hydrogen (secondary N) is 2. The molecule has 102 valence electrons. The topological polar surface area (TPSA) is 78.4 Å². The lowest BCUT2D eigenvalue weighted by Gasteiger charge is -2.22. The maximum Gasteiger partial charge on any atom is 0.340 e. The van der Waals surface area contributed by atoms with Gasteiger partial charge in [-0.25, -0.2) is 9.18 Å². The summed E-state index contributed by atoms with van der Waals surface area (Å²) in [5.74, 6) is -1.07. The highest BCUT2D eigenvalue weighted by Crippen LogP contribution is 2.20. The first kappa shape index (κ1) is 13.8. The van der Waals surface area contributed by atoms with Crippen molar-refractivity contribution in [2.45, 2.75) is 6.04 Å². The molecule has 0 aromatic heterocycles. The van der Waals surface area contributed by atoms with Crippen molar-refractivity contribution >= 4 is 29.3 Å². The number of hydrogen-bond donors (Lipinski definition) is 3. The summed E-state index contributed by atoms with van der Waals surface area (Å²) in [6.45, 7) is 0.720. The van der Waals surface area contributed by atoms with E-state index in [-0.39, 0.29) is 17.6 Å². The molecular formula is C12H13FN2O3S. The van der Waals surface area contributed by atoms with E-state index < -0.39 is 17.3 Å². The van der Waals surface area contributed by atoms with Gasteiger partial charge in [0.2, 0.25) is 5.91 Å². The molecule has 7 heteroatoms. The smallest absolute Gasteiger partial charge is 0.340 e. The first-order valence-electron chi connectivity index (χ1n) is 5.73. The van der Waals surface area contributed by atoms with Crippen molar-refractivity contribution in [1.29, 1.82) is 0 Å². The normalized spacial score (nSPS) is 18.9. The van der Waals surface area contributed by atoms with Crippen LogP contribution in [-0.4, -0.2) is 41.1 Å². The van der Waals surface area contributed by atoms with Gasteiger partial charge in [0.05, 0.1) is 11.7 Å². The van der Waals surface area contributed by atoms with E-state index in [1.54, 1.807) is 11.8 Å². The van der Waals surface area contributed by atoms with Crippen molar-refractivity contribution in [1.82, 2.24) is 5.32 Å². The molecule has 1 fully saturated rings. The van der Waals surface area contributed by atoms with Crippen LogP contribution in [0, 0.1) is 5.82 Å². The van der Waals surface area contributed by atoms with Crippen molar-refractivity contribution in [3.63, 3.8) is 0 Å². The Kier molecular flexibility index (Phi) is 4.39. The first-order valence-corrected chi connectivity index (χ1v) is 6.89. The van der Waals surface area contributed by atoms with Crippen LogP contribution in [-0.2, 0) is 4.79 Å². The Morgan fingerprint density at radius 3 is 2.89 bits per heavy atom. The van der Waals surface area contributed by atoms with Gasteiger partial charge in [0.1, 0.15) is 11.4 Å². The third kappa shape index (κ3) is 3.24. The standard InChI is InChI=1S/C12H13FN2O3S/c13-7-2-1-3-8(10(7)12(17)18)15-11(16)9-6-19-5-4-14-9/h1-3,9,14H,4-6H2,(H,15,16)(H,17,18). The van der Waals surface area contributed by atoms with Crippen molar-refractivity contribution in [3.05, 3.63) is 29.6 Å². The summed E-state index contributed by atoms with van der Waals surface area (Å²) in [6, 6.07) is 3.40. The molecule has 1 aromatic rings. The second-order valence-electron chi connectivity index (χ2n) is 4.04. The van der Waals surface area contributed by atoms with Gasteiger partial charge in [-0.2, -0.15) is 11.8 Å². The maximum absolute atomic E-state index is 13.4. The average Bonchev–Trinajstić information content (AvgIpc) is 2.39. The Balaban J connectivity index is 2.16. The van der Waals surface area contributed by atoms with E-state index in [1.165, 1.54) is 12.1 Å². The van der Waals surface area contributed by atoms with Crippen LogP contribution in [0.25, 0.3) is 0 Å². The number of carboxylic acid groups (broad SMARTS) is 1. The monoisotopic (exact) mass is 284 g/mol. The Hall–Kier alpha value is -1.60. The summed E-state index contributed by atoms with van der Waals surface area (Å²) < 4.78 is 13.4. The molecule has 19 heavy (non-hydrogen) atoms. The highest BCUT2D eigenvalue weighted by Gasteiger charge is 2.23. The number of hydrogen-bond acceptors (Lipinski definition) is 4. The molecule has 1 atom stereocenters. The van der Waals surface area contributed by atoms with Gasteiger partial charge in [0, 0.05) is 18.1 Å². The fourth-order valence-corrected chi connectivity index (χ4v) is 2.73. The molecule has 1 amide bonds. The molecular weight excluding hydrogens is 271 g/mol. The van der Waals surface area contributed by atoms with Crippen LogP contribution in [0.2, 0.25) is 0 Å². The summed E-state index contributed by atoms with van der Waals surface area (Å²) in [4.78, 5) is 22.9. The van der Waals surface area contributed by atoms with Gasteiger partial charge >= 0.3 is 5.97 Å². The van der Waals surface area contributed by atoms with Gasteiger partial charge in [0.25, 0.3) is 0 Å². The van der Waals surface area contributed by atoms with Crippen LogP contribution in [0.1, 0.15) is 10.4 Å². The predicted molar refractivity (Wildman–Crippen MR) is 71.1 cm³/mol. The molecule has 1 aliphatic heterocycles. The van der Waals surface area contributed by atoms with Gasteiger partial charge in [0.15, 0.2) is 0 Å². The number of anilines is 1. The number of benzene rings is 1. The van der Waals surface area contributed by atoms with Crippen LogP contribution < -0.4 is 10.6 Å². The maximum atomic E-state index is 13.4. The van der Waals surface area contributed by atoms with Crippen molar-refractivity contribution < 1.29 is 19.1 Å². The fraction of sp³-hybridized carbons (Fsp3) is 0.333. The Labute approximate surface area is 113 Å². The van der Waals surface area contributed by atoms with Crippen LogP contribution in [0.15, 0.2) is 18.2 Å². The number of halogens is 1. The lowest BCUT2D eigenvalue weighted by atomic mass is 10.1. The zero-order valence-corrected chi connectivity index (χ0v) is 10.8. The van der Waals surface area contributed by atoms with E-state index in [0.29, 0.717) is 5.75 Å². The second kappa shape index (κ2) is 6.03. The number of rotatable bonds is 3. The Bertz CT molecular complexity index is 504. The molecule has 0 aliphatic carbocycles. The largest absolute Gasteiger partial charge is 0.478 e. The second-order valence-corrected chi connectivity index (χ2v) is 5.19. The molecule has 0 bridgehead atoms. The number of carbonyl (C=O) groups is 2. The van der Waals surface area contributed by atoms with Crippen LogP contribution in [0.3, 0.4) is 0 Å². The zero-order valence-electron chi connectivity index (χ0n) is 9.98. The zero-order chi connectivity index (χ0) is 13.8. The molecule has 3 N–H and O–H groups in total. The molecule has 5 nitrogen and oxygen atoms in total. The quantitative estimate of drug-likeness (QED) is 0.776. The molecule has 1 saturated heterocycles. The van der Waals surface area contributed by atoms with Gasteiger partial charge < -0.3 is 15.7 Å². The van der Waals surface area contributed by atoms with Crippen LogP contribution in [0.5, 0.6) is 0 Å². The SMILES string of the molecule is O=C(O)c1c(F)cccc1NC(=O)C1CSCCN1. The Morgan fingerprint density at radius 1 is 1.47 bits per heavy atom. The molecule has 0 spiro atoms. The highest BCUT2D eigenvalue weighted by molar-refractivity contribution is 7.99. The molecule has 1 unspecified atom stereocenters.